The molecule has 1 heterocycles. The molecule has 2 rings (SSSR count). The Morgan fingerprint density at radius 1 is 1.38 bits per heavy atom. The van der Waals surface area contributed by atoms with Gasteiger partial charge < -0.3 is 15.1 Å². The Labute approximate surface area is 96.8 Å². The van der Waals surface area contributed by atoms with E-state index in [0.29, 0.717) is 12.0 Å². The van der Waals surface area contributed by atoms with Gasteiger partial charge in [0.1, 0.15) is 5.76 Å². The van der Waals surface area contributed by atoms with Crippen molar-refractivity contribution >= 4 is 0 Å². The fourth-order valence-electron chi connectivity index (χ4n) is 2.26. The van der Waals surface area contributed by atoms with Crippen LogP contribution in [0.15, 0.2) is 10.6 Å². The van der Waals surface area contributed by atoms with Crippen molar-refractivity contribution in [2.24, 2.45) is 5.73 Å². The maximum Gasteiger partial charge on any atom is 0.197 e. The van der Waals surface area contributed by atoms with Crippen LogP contribution in [-0.2, 0) is 6.54 Å². The molecule has 1 aromatic rings. The summed E-state index contributed by atoms with van der Waals surface area (Å²) in [6, 6.07) is 0.382. The van der Waals surface area contributed by atoms with Gasteiger partial charge >= 0.3 is 0 Å². The summed E-state index contributed by atoms with van der Waals surface area (Å²) in [5.74, 6) is 2.34. The molecular weight excluding hydrogens is 202 g/mol. The highest BCUT2D eigenvalue weighted by Gasteiger charge is 2.23. The zero-order chi connectivity index (χ0) is 11.5. The zero-order valence-corrected chi connectivity index (χ0v) is 10.1. The van der Waals surface area contributed by atoms with E-state index in [9.17, 15) is 0 Å². The van der Waals surface area contributed by atoms with Crippen molar-refractivity contribution in [1.29, 1.82) is 0 Å². The first-order valence-electron chi connectivity index (χ1n) is 6.00. The molecule has 1 aliphatic carbocycles. The van der Waals surface area contributed by atoms with Crippen molar-refractivity contribution < 1.29 is 4.42 Å². The summed E-state index contributed by atoms with van der Waals surface area (Å²) in [6.07, 6.45) is 6.27. The Bertz CT molecular complexity index is 327. The van der Waals surface area contributed by atoms with Gasteiger partial charge in [-0.1, -0.05) is 0 Å². The smallest absolute Gasteiger partial charge is 0.197 e. The van der Waals surface area contributed by atoms with Gasteiger partial charge in [0.05, 0.1) is 12.7 Å². The highest BCUT2D eigenvalue weighted by Crippen LogP contribution is 2.31. The molecule has 0 unspecified atom stereocenters. The predicted molar refractivity (Wildman–Crippen MR) is 63.1 cm³/mol. The van der Waals surface area contributed by atoms with Gasteiger partial charge in [0.25, 0.3) is 0 Å². The van der Waals surface area contributed by atoms with Gasteiger partial charge in [-0.2, -0.15) is 0 Å². The lowest BCUT2D eigenvalue weighted by Crippen LogP contribution is -2.25. The highest BCUT2D eigenvalue weighted by atomic mass is 16.4. The van der Waals surface area contributed by atoms with Gasteiger partial charge in [0.2, 0.25) is 0 Å². The van der Waals surface area contributed by atoms with E-state index in [0.717, 1.165) is 43.9 Å². The summed E-state index contributed by atoms with van der Waals surface area (Å²) in [5, 5.41) is 0. The minimum absolute atomic E-state index is 0.382. The Kier molecular flexibility index (Phi) is 3.61. The highest BCUT2D eigenvalue weighted by molar-refractivity contribution is 5.00. The molecule has 0 saturated heterocycles. The molecule has 1 saturated carbocycles. The van der Waals surface area contributed by atoms with Crippen molar-refractivity contribution in [3.8, 4) is 0 Å². The van der Waals surface area contributed by atoms with E-state index in [4.69, 9.17) is 10.2 Å². The molecule has 1 aromatic heterocycles. The van der Waals surface area contributed by atoms with Crippen molar-refractivity contribution in [3.05, 3.63) is 17.8 Å². The normalized spacial score (nSPS) is 26.2. The molecule has 16 heavy (non-hydrogen) atoms. The lowest BCUT2D eigenvalue weighted by molar-refractivity contribution is 0.304. The van der Waals surface area contributed by atoms with Gasteiger partial charge in [-0.05, 0) is 39.8 Å². The standard InChI is InChI=1S/C12H21N3O/c1-15(2)8-11-7-14-12(16-11)9-3-5-10(13)6-4-9/h7,9-10H,3-6,8,13H2,1-2H3. The molecule has 0 radical (unpaired) electrons. The van der Waals surface area contributed by atoms with Gasteiger partial charge in [0.15, 0.2) is 5.89 Å². The van der Waals surface area contributed by atoms with Crippen molar-refractivity contribution in [3.63, 3.8) is 0 Å². The van der Waals surface area contributed by atoms with E-state index < -0.39 is 0 Å². The van der Waals surface area contributed by atoms with E-state index in [1.54, 1.807) is 0 Å². The first kappa shape index (κ1) is 11.6. The summed E-state index contributed by atoms with van der Waals surface area (Å²) in [7, 11) is 4.06. The maximum absolute atomic E-state index is 5.89. The number of hydrogen-bond donors (Lipinski definition) is 1. The van der Waals surface area contributed by atoms with Crippen LogP contribution in [0.3, 0.4) is 0 Å². The summed E-state index contributed by atoms with van der Waals surface area (Å²) in [5.41, 5.74) is 5.89. The number of nitrogens with zero attached hydrogens (tertiary/aromatic N) is 2. The first-order valence-corrected chi connectivity index (χ1v) is 6.00. The number of rotatable bonds is 3. The molecule has 1 aliphatic rings. The first-order chi connectivity index (χ1) is 7.65. The third-order valence-electron chi connectivity index (χ3n) is 3.16. The molecule has 0 amide bonds. The van der Waals surface area contributed by atoms with E-state index in [-0.39, 0.29) is 0 Å². The van der Waals surface area contributed by atoms with Crippen LogP contribution >= 0.6 is 0 Å². The number of hydrogen-bond acceptors (Lipinski definition) is 4. The van der Waals surface area contributed by atoms with Crippen LogP contribution in [0.25, 0.3) is 0 Å². The second-order valence-electron chi connectivity index (χ2n) is 5.01. The van der Waals surface area contributed by atoms with Crippen LogP contribution in [0, 0.1) is 0 Å². The monoisotopic (exact) mass is 223 g/mol. The number of nitrogens with two attached hydrogens (primary N) is 1. The van der Waals surface area contributed by atoms with Crippen LogP contribution in [0.1, 0.15) is 43.3 Å². The lowest BCUT2D eigenvalue weighted by Gasteiger charge is -2.23. The second kappa shape index (κ2) is 4.97. The molecule has 90 valence electrons. The number of aromatic nitrogens is 1. The van der Waals surface area contributed by atoms with Crippen LogP contribution in [0.5, 0.6) is 0 Å². The fourth-order valence-corrected chi connectivity index (χ4v) is 2.26. The molecule has 0 bridgehead atoms. The Balaban J connectivity index is 1.96. The molecule has 0 spiro atoms. The molecule has 1 fully saturated rings. The van der Waals surface area contributed by atoms with Crippen LogP contribution < -0.4 is 5.73 Å². The topological polar surface area (TPSA) is 55.3 Å². The minimum atomic E-state index is 0.382. The van der Waals surface area contributed by atoms with Crippen molar-refractivity contribution in [2.45, 2.75) is 44.2 Å². The molecule has 0 aliphatic heterocycles. The quantitative estimate of drug-likeness (QED) is 0.847. The summed E-state index contributed by atoms with van der Waals surface area (Å²) in [6.45, 7) is 0.819. The Hall–Kier alpha value is -0.870. The average molecular weight is 223 g/mol. The summed E-state index contributed by atoms with van der Waals surface area (Å²) >= 11 is 0. The SMILES string of the molecule is CN(C)Cc1cnc(C2CCC(N)CC2)o1. The maximum atomic E-state index is 5.89. The predicted octanol–water partition coefficient (Wildman–Crippen LogP) is 1.72. The Morgan fingerprint density at radius 2 is 2.06 bits per heavy atom. The molecular formula is C12H21N3O. The molecule has 2 N–H and O–H groups in total. The van der Waals surface area contributed by atoms with E-state index in [1.807, 2.05) is 20.3 Å². The summed E-state index contributed by atoms with van der Waals surface area (Å²) in [4.78, 5) is 6.47. The van der Waals surface area contributed by atoms with E-state index in [2.05, 4.69) is 9.88 Å². The second-order valence-corrected chi connectivity index (χ2v) is 5.01. The fraction of sp³-hybridized carbons (Fsp3) is 0.750. The molecule has 0 aromatic carbocycles. The molecule has 4 heteroatoms. The van der Waals surface area contributed by atoms with E-state index in [1.165, 1.54) is 0 Å². The van der Waals surface area contributed by atoms with Crippen molar-refractivity contribution in [1.82, 2.24) is 9.88 Å². The molecule has 4 nitrogen and oxygen atoms in total. The van der Waals surface area contributed by atoms with Gasteiger partial charge in [-0.15, -0.1) is 0 Å². The van der Waals surface area contributed by atoms with Gasteiger partial charge in [-0.25, -0.2) is 4.98 Å². The Morgan fingerprint density at radius 3 is 2.69 bits per heavy atom. The number of oxazole rings is 1. The minimum Gasteiger partial charge on any atom is -0.444 e. The third-order valence-corrected chi connectivity index (χ3v) is 3.16. The van der Waals surface area contributed by atoms with Crippen LogP contribution in [0.4, 0.5) is 0 Å². The largest absolute Gasteiger partial charge is 0.444 e. The van der Waals surface area contributed by atoms with Crippen LogP contribution in [0.2, 0.25) is 0 Å². The van der Waals surface area contributed by atoms with Crippen molar-refractivity contribution in [2.75, 3.05) is 14.1 Å². The van der Waals surface area contributed by atoms with Crippen LogP contribution in [-0.4, -0.2) is 30.0 Å². The summed E-state index contributed by atoms with van der Waals surface area (Å²) < 4.78 is 5.78. The lowest BCUT2D eigenvalue weighted by atomic mass is 9.86. The van der Waals surface area contributed by atoms with Gasteiger partial charge in [-0.3, -0.25) is 0 Å². The van der Waals surface area contributed by atoms with Gasteiger partial charge in [0, 0.05) is 12.0 Å². The third kappa shape index (κ3) is 2.83. The zero-order valence-electron chi connectivity index (χ0n) is 10.1. The average Bonchev–Trinajstić information content (AvgIpc) is 2.66. The molecule has 0 atom stereocenters. The van der Waals surface area contributed by atoms with E-state index >= 15 is 0 Å².